The van der Waals surface area contributed by atoms with Gasteiger partial charge in [0, 0.05) is 11.6 Å². The largest absolute Gasteiger partial charge is 0.482 e. The van der Waals surface area contributed by atoms with Crippen LogP contribution in [0.25, 0.3) is 0 Å². The summed E-state index contributed by atoms with van der Waals surface area (Å²) < 4.78 is 31.6. The van der Waals surface area contributed by atoms with Crippen molar-refractivity contribution in [3.05, 3.63) is 65.2 Å². The average molecular weight is 276 g/mol. The summed E-state index contributed by atoms with van der Waals surface area (Å²) in [6, 6.07) is 9.65. The number of hydrogen-bond donors (Lipinski definition) is 0. The molecular weight excluding hydrogens is 262 g/mol. The van der Waals surface area contributed by atoms with Gasteiger partial charge in [0.05, 0.1) is 0 Å². The van der Waals surface area contributed by atoms with Gasteiger partial charge in [0.25, 0.3) is 0 Å². The summed E-state index contributed by atoms with van der Waals surface area (Å²) in [5.41, 5.74) is 0.862. The Labute approximate surface area is 116 Å². The minimum absolute atomic E-state index is 0.286. The summed E-state index contributed by atoms with van der Waals surface area (Å²) in [6.45, 7) is 3.22. The number of Topliss-reactive ketones (excluding diaryl/α,β-unsaturated/α-hetero) is 1. The van der Waals surface area contributed by atoms with Crippen LogP contribution in [-0.4, -0.2) is 11.9 Å². The van der Waals surface area contributed by atoms with Crippen LogP contribution in [0.15, 0.2) is 42.5 Å². The Balaban J connectivity index is 2.11. The molecule has 0 amide bonds. The van der Waals surface area contributed by atoms with Crippen molar-refractivity contribution in [2.75, 3.05) is 0 Å². The third kappa shape index (κ3) is 3.20. The van der Waals surface area contributed by atoms with Crippen molar-refractivity contribution >= 4 is 5.78 Å². The molecule has 0 heterocycles. The zero-order valence-electron chi connectivity index (χ0n) is 11.2. The van der Waals surface area contributed by atoms with E-state index >= 15 is 0 Å². The normalized spacial score (nSPS) is 12.0. The highest BCUT2D eigenvalue weighted by Gasteiger charge is 2.17. The number of carbonyl (C=O) groups is 1. The second-order valence-corrected chi connectivity index (χ2v) is 4.54. The summed E-state index contributed by atoms with van der Waals surface area (Å²) >= 11 is 0. The van der Waals surface area contributed by atoms with E-state index in [0.717, 1.165) is 0 Å². The fourth-order valence-corrected chi connectivity index (χ4v) is 1.75. The Morgan fingerprint density at radius 2 is 1.75 bits per heavy atom. The second-order valence-electron chi connectivity index (χ2n) is 4.54. The molecule has 0 aliphatic carbocycles. The van der Waals surface area contributed by atoms with Gasteiger partial charge < -0.3 is 4.74 Å². The maximum absolute atomic E-state index is 13.4. The van der Waals surface area contributed by atoms with Gasteiger partial charge in [0.1, 0.15) is 17.4 Å². The standard InChI is InChI=1S/C16H14F2O2/c1-10-3-8-14(9-15(10)18)20-11(2)16(19)12-4-6-13(17)7-5-12/h3-9,11H,1-2H3. The summed E-state index contributed by atoms with van der Waals surface area (Å²) in [6.07, 6.45) is -0.775. The maximum atomic E-state index is 13.4. The molecule has 0 spiro atoms. The molecule has 0 fully saturated rings. The molecule has 1 unspecified atom stereocenters. The lowest BCUT2D eigenvalue weighted by molar-refractivity contribution is 0.0817. The molecule has 0 saturated heterocycles. The number of halogens is 2. The van der Waals surface area contributed by atoms with Crippen LogP contribution in [0.5, 0.6) is 5.75 Å². The Morgan fingerprint density at radius 3 is 2.35 bits per heavy atom. The van der Waals surface area contributed by atoms with E-state index in [-0.39, 0.29) is 17.3 Å². The first-order valence-corrected chi connectivity index (χ1v) is 6.20. The fourth-order valence-electron chi connectivity index (χ4n) is 1.75. The van der Waals surface area contributed by atoms with Gasteiger partial charge in [-0.2, -0.15) is 0 Å². The van der Waals surface area contributed by atoms with Crippen LogP contribution in [-0.2, 0) is 0 Å². The van der Waals surface area contributed by atoms with Crippen LogP contribution >= 0.6 is 0 Å². The van der Waals surface area contributed by atoms with Gasteiger partial charge in [-0.15, -0.1) is 0 Å². The highest BCUT2D eigenvalue weighted by molar-refractivity contribution is 5.99. The lowest BCUT2D eigenvalue weighted by Gasteiger charge is -2.14. The first kappa shape index (κ1) is 14.2. The molecular formula is C16H14F2O2. The Morgan fingerprint density at radius 1 is 1.10 bits per heavy atom. The average Bonchev–Trinajstić information content (AvgIpc) is 2.43. The maximum Gasteiger partial charge on any atom is 0.202 e. The Hall–Kier alpha value is -2.23. The predicted molar refractivity (Wildman–Crippen MR) is 72.0 cm³/mol. The molecule has 0 bridgehead atoms. The molecule has 104 valence electrons. The quantitative estimate of drug-likeness (QED) is 0.791. The Kier molecular flexibility index (Phi) is 4.13. The third-order valence-electron chi connectivity index (χ3n) is 2.95. The van der Waals surface area contributed by atoms with Crippen molar-refractivity contribution in [2.24, 2.45) is 0 Å². The van der Waals surface area contributed by atoms with Gasteiger partial charge in [-0.1, -0.05) is 6.07 Å². The lowest BCUT2D eigenvalue weighted by atomic mass is 10.1. The van der Waals surface area contributed by atoms with Crippen LogP contribution in [0.4, 0.5) is 8.78 Å². The molecule has 0 aliphatic rings. The first-order valence-electron chi connectivity index (χ1n) is 6.20. The minimum Gasteiger partial charge on any atom is -0.482 e. The first-order chi connectivity index (χ1) is 9.47. The van der Waals surface area contributed by atoms with Crippen molar-refractivity contribution < 1.29 is 18.3 Å². The van der Waals surface area contributed by atoms with Crippen LogP contribution in [0, 0.1) is 18.6 Å². The molecule has 2 aromatic carbocycles. The van der Waals surface area contributed by atoms with Gasteiger partial charge in [-0.3, -0.25) is 4.79 Å². The molecule has 1 atom stereocenters. The van der Waals surface area contributed by atoms with E-state index in [1.54, 1.807) is 26.0 Å². The van der Waals surface area contributed by atoms with Crippen molar-refractivity contribution in [1.82, 2.24) is 0 Å². The SMILES string of the molecule is Cc1ccc(OC(C)C(=O)c2ccc(F)cc2)cc1F. The van der Waals surface area contributed by atoms with E-state index < -0.39 is 11.9 Å². The highest BCUT2D eigenvalue weighted by Crippen LogP contribution is 2.18. The molecule has 2 aromatic rings. The molecule has 0 aliphatic heterocycles. The number of ether oxygens (including phenoxy) is 1. The Bertz CT molecular complexity index is 621. The number of ketones is 1. The number of hydrogen-bond acceptors (Lipinski definition) is 2. The van der Waals surface area contributed by atoms with Crippen molar-refractivity contribution in [2.45, 2.75) is 20.0 Å². The second kappa shape index (κ2) is 5.82. The molecule has 0 aromatic heterocycles. The smallest absolute Gasteiger partial charge is 0.202 e. The summed E-state index contributed by atoms with van der Waals surface area (Å²) in [5.74, 6) is -0.790. The van der Waals surface area contributed by atoms with E-state index in [1.807, 2.05) is 0 Å². The summed E-state index contributed by atoms with van der Waals surface area (Å²) in [5, 5.41) is 0. The molecule has 2 rings (SSSR count). The molecule has 0 N–H and O–H groups in total. The van der Waals surface area contributed by atoms with E-state index in [9.17, 15) is 13.6 Å². The van der Waals surface area contributed by atoms with Gasteiger partial charge in [-0.25, -0.2) is 8.78 Å². The molecule has 0 radical (unpaired) electrons. The van der Waals surface area contributed by atoms with Crippen molar-refractivity contribution in [3.63, 3.8) is 0 Å². The number of carbonyl (C=O) groups excluding carboxylic acids is 1. The van der Waals surface area contributed by atoms with E-state index in [0.29, 0.717) is 11.1 Å². The fraction of sp³-hybridized carbons (Fsp3) is 0.188. The van der Waals surface area contributed by atoms with Gasteiger partial charge in [-0.05, 0) is 49.7 Å². The topological polar surface area (TPSA) is 26.3 Å². The van der Waals surface area contributed by atoms with E-state index in [2.05, 4.69) is 0 Å². The van der Waals surface area contributed by atoms with E-state index in [1.165, 1.54) is 30.3 Å². The van der Waals surface area contributed by atoms with Crippen molar-refractivity contribution in [1.29, 1.82) is 0 Å². The van der Waals surface area contributed by atoms with Crippen LogP contribution in [0.1, 0.15) is 22.8 Å². The number of aryl methyl sites for hydroxylation is 1. The molecule has 2 nitrogen and oxygen atoms in total. The molecule has 20 heavy (non-hydrogen) atoms. The monoisotopic (exact) mass is 276 g/mol. The highest BCUT2D eigenvalue weighted by atomic mass is 19.1. The zero-order valence-corrected chi connectivity index (χ0v) is 11.2. The summed E-state index contributed by atoms with van der Waals surface area (Å²) in [7, 11) is 0. The minimum atomic E-state index is -0.775. The van der Waals surface area contributed by atoms with Crippen LogP contribution in [0.2, 0.25) is 0 Å². The van der Waals surface area contributed by atoms with Gasteiger partial charge in [0.2, 0.25) is 5.78 Å². The van der Waals surface area contributed by atoms with Crippen LogP contribution < -0.4 is 4.74 Å². The predicted octanol–water partition coefficient (Wildman–Crippen LogP) is 3.92. The molecule has 4 heteroatoms. The lowest BCUT2D eigenvalue weighted by Crippen LogP contribution is -2.24. The zero-order chi connectivity index (χ0) is 14.7. The molecule has 0 saturated carbocycles. The number of benzene rings is 2. The third-order valence-corrected chi connectivity index (χ3v) is 2.95. The summed E-state index contributed by atoms with van der Waals surface area (Å²) in [4.78, 5) is 12.1. The number of rotatable bonds is 4. The van der Waals surface area contributed by atoms with Gasteiger partial charge in [0.15, 0.2) is 6.10 Å². The van der Waals surface area contributed by atoms with Crippen molar-refractivity contribution in [3.8, 4) is 5.75 Å². The van der Waals surface area contributed by atoms with E-state index in [4.69, 9.17) is 4.74 Å². The van der Waals surface area contributed by atoms with Crippen LogP contribution in [0.3, 0.4) is 0 Å². The van der Waals surface area contributed by atoms with Gasteiger partial charge >= 0.3 is 0 Å².